The maximum Gasteiger partial charge on any atom is 0.0946 e. The van der Waals surface area contributed by atoms with Crippen molar-refractivity contribution < 1.29 is 5.11 Å². The van der Waals surface area contributed by atoms with Crippen LogP contribution >= 0.6 is 23.4 Å². The molecule has 1 N–H and O–H groups in total. The first-order chi connectivity index (χ1) is 8.25. The van der Waals surface area contributed by atoms with E-state index in [9.17, 15) is 5.11 Å². The number of benzene rings is 1. The first-order valence-corrected chi connectivity index (χ1v) is 6.60. The minimum absolute atomic E-state index is 0.0964. The quantitative estimate of drug-likeness (QED) is 0.908. The van der Waals surface area contributed by atoms with Crippen LogP contribution in [0.15, 0.2) is 41.8 Å². The van der Waals surface area contributed by atoms with Crippen LogP contribution in [0.4, 0.5) is 0 Å². The summed E-state index contributed by atoms with van der Waals surface area (Å²) in [7, 11) is 0. The van der Waals surface area contributed by atoms with Crippen molar-refractivity contribution in [1.82, 2.24) is 9.55 Å². The molecule has 3 nitrogen and oxygen atoms in total. The predicted molar refractivity (Wildman–Crippen MR) is 68.3 cm³/mol. The molecule has 2 unspecified atom stereocenters. The Morgan fingerprint density at radius 3 is 3.06 bits per heavy atom. The summed E-state index contributed by atoms with van der Waals surface area (Å²) in [5.41, 5.74) is 0.938. The van der Waals surface area contributed by atoms with E-state index < -0.39 is 6.10 Å². The summed E-state index contributed by atoms with van der Waals surface area (Å²) in [4.78, 5) is 5.01. The fourth-order valence-corrected chi connectivity index (χ4v) is 3.68. The molecule has 1 aromatic carbocycles. The van der Waals surface area contributed by atoms with Gasteiger partial charge < -0.3 is 9.67 Å². The second-order valence-corrected chi connectivity index (χ2v) is 5.68. The van der Waals surface area contributed by atoms with Gasteiger partial charge in [-0.15, -0.1) is 11.8 Å². The van der Waals surface area contributed by atoms with E-state index in [4.69, 9.17) is 11.6 Å². The largest absolute Gasteiger partial charge is 0.387 e. The number of hydrogen-bond acceptors (Lipinski definition) is 3. The third-order valence-electron chi connectivity index (χ3n) is 2.89. The van der Waals surface area contributed by atoms with Crippen LogP contribution in [-0.2, 0) is 6.54 Å². The smallest absolute Gasteiger partial charge is 0.0946 e. The van der Waals surface area contributed by atoms with Crippen LogP contribution in [-0.4, -0.2) is 19.9 Å². The highest BCUT2D eigenvalue weighted by atomic mass is 35.5. The van der Waals surface area contributed by atoms with Crippen molar-refractivity contribution in [2.45, 2.75) is 22.8 Å². The number of aliphatic hydroxyl groups is 1. The number of aliphatic hydroxyl groups excluding tert-OH is 1. The van der Waals surface area contributed by atoms with E-state index in [2.05, 4.69) is 4.98 Å². The molecule has 0 fully saturated rings. The summed E-state index contributed by atoms with van der Waals surface area (Å²) < 4.78 is 1.97. The molecule has 0 saturated heterocycles. The number of fused-ring (bicyclic) bond motifs is 1. The zero-order valence-electron chi connectivity index (χ0n) is 8.95. The average molecular weight is 267 g/mol. The van der Waals surface area contributed by atoms with Crippen LogP contribution in [0, 0.1) is 0 Å². The Morgan fingerprint density at radius 1 is 1.47 bits per heavy atom. The van der Waals surface area contributed by atoms with Crippen LogP contribution in [0.5, 0.6) is 0 Å². The number of thioether (sulfide) groups is 1. The lowest BCUT2D eigenvalue weighted by Crippen LogP contribution is -2.16. The lowest BCUT2D eigenvalue weighted by Gasteiger charge is -2.14. The second kappa shape index (κ2) is 4.37. The fraction of sp³-hybridized carbons (Fsp3) is 0.250. The van der Waals surface area contributed by atoms with Gasteiger partial charge in [-0.25, -0.2) is 4.98 Å². The van der Waals surface area contributed by atoms with E-state index in [0.29, 0.717) is 0 Å². The Balaban J connectivity index is 1.86. The zero-order valence-corrected chi connectivity index (χ0v) is 10.5. The van der Waals surface area contributed by atoms with Gasteiger partial charge in [0.2, 0.25) is 0 Å². The molecule has 0 spiro atoms. The number of hydrogen-bond donors (Lipinski definition) is 1. The van der Waals surface area contributed by atoms with Crippen LogP contribution in [0.3, 0.4) is 0 Å². The first kappa shape index (κ1) is 11.1. The van der Waals surface area contributed by atoms with Gasteiger partial charge in [0.15, 0.2) is 0 Å². The molecule has 2 heterocycles. The van der Waals surface area contributed by atoms with Crippen molar-refractivity contribution in [3.63, 3.8) is 0 Å². The monoisotopic (exact) mass is 266 g/mol. The van der Waals surface area contributed by atoms with E-state index >= 15 is 0 Å². The number of imidazole rings is 1. The maximum absolute atomic E-state index is 10.3. The van der Waals surface area contributed by atoms with Gasteiger partial charge >= 0.3 is 0 Å². The van der Waals surface area contributed by atoms with Crippen molar-refractivity contribution in [2.75, 3.05) is 0 Å². The highest BCUT2D eigenvalue weighted by Gasteiger charge is 2.33. The van der Waals surface area contributed by atoms with Crippen molar-refractivity contribution >= 4 is 23.4 Å². The molecule has 5 heteroatoms. The minimum Gasteiger partial charge on any atom is -0.387 e. The van der Waals surface area contributed by atoms with Gasteiger partial charge in [-0.05, 0) is 11.6 Å². The zero-order chi connectivity index (χ0) is 11.8. The van der Waals surface area contributed by atoms with Crippen molar-refractivity contribution in [3.8, 4) is 0 Å². The number of halogens is 1. The first-order valence-electron chi connectivity index (χ1n) is 5.34. The van der Waals surface area contributed by atoms with Gasteiger partial charge in [-0.3, -0.25) is 0 Å². The molecule has 0 radical (unpaired) electrons. The molecule has 17 heavy (non-hydrogen) atoms. The maximum atomic E-state index is 10.3. The molecule has 1 aliphatic rings. The molecule has 0 aliphatic carbocycles. The van der Waals surface area contributed by atoms with Crippen molar-refractivity contribution in [1.29, 1.82) is 0 Å². The second-order valence-electron chi connectivity index (χ2n) is 4.02. The molecule has 88 valence electrons. The normalized spacial score (nSPS) is 22.7. The topological polar surface area (TPSA) is 38.0 Å². The molecular formula is C12H11ClN2OS. The number of rotatable bonds is 2. The van der Waals surface area contributed by atoms with Crippen LogP contribution in [0.2, 0.25) is 5.02 Å². The Kier molecular flexibility index (Phi) is 2.86. The molecule has 0 bridgehead atoms. The summed E-state index contributed by atoms with van der Waals surface area (Å²) in [5.74, 6) is 0. The highest BCUT2D eigenvalue weighted by Crippen LogP contribution is 2.47. The summed E-state index contributed by atoms with van der Waals surface area (Å²) in [6.07, 6.45) is 4.94. The third kappa shape index (κ3) is 1.97. The van der Waals surface area contributed by atoms with Crippen LogP contribution in [0.1, 0.15) is 11.7 Å². The van der Waals surface area contributed by atoms with Gasteiger partial charge in [-0.1, -0.05) is 23.7 Å². The molecule has 1 aliphatic heterocycles. The molecule has 2 atom stereocenters. The standard InChI is InChI=1S/C12H11ClN2OS/c13-9-3-1-2-8-11(16)10(17-12(8)9)6-15-5-4-14-7-15/h1-5,7,10-11,16H,6H2. The number of nitrogens with zero attached hydrogens (tertiary/aromatic N) is 2. The predicted octanol–water partition coefficient (Wildman–Crippen LogP) is 2.74. The lowest BCUT2D eigenvalue weighted by atomic mass is 10.1. The van der Waals surface area contributed by atoms with Gasteiger partial charge in [0.05, 0.1) is 22.7 Å². The van der Waals surface area contributed by atoms with E-state index in [1.807, 2.05) is 29.0 Å². The Bertz CT molecular complexity index is 529. The SMILES string of the molecule is OC1c2cccc(Cl)c2SC1Cn1ccnc1. The van der Waals surface area contributed by atoms with Gasteiger partial charge in [-0.2, -0.15) is 0 Å². The molecule has 3 rings (SSSR count). The van der Waals surface area contributed by atoms with E-state index in [-0.39, 0.29) is 5.25 Å². The molecule has 1 aromatic heterocycles. The highest BCUT2D eigenvalue weighted by molar-refractivity contribution is 8.00. The van der Waals surface area contributed by atoms with E-state index in [1.54, 1.807) is 24.3 Å². The van der Waals surface area contributed by atoms with Crippen LogP contribution in [0.25, 0.3) is 0 Å². The lowest BCUT2D eigenvalue weighted by molar-refractivity contribution is 0.170. The van der Waals surface area contributed by atoms with E-state index in [0.717, 1.165) is 22.0 Å². The molecule has 0 saturated carbocycles. The average Bonchev–Trinajstić information content (AvgIpc) is 2.92. The Labute approximate surface area is 108 Å². The third-order valence-corrected chi connectivity index (χ3v) is 4.72. The summed E-state index contributed by atoms with van der Waals surface area (Å²) in [6, 6.07) is 5.68. The molecule has 0 amide bonds. The van der Waals surface area contributed by atoms with Gasteiger partial charge in [0.1, 0.15) is 0 Å². The van der Waals surface area contributed by atoms with Crippen molar-refractivity contribution in [2.24, 2.45) is 0 Å². The summed E-state index contributed by atoms with van der Waals surface area (Å²) in [6.45, 7) is 0.733. The van der Waals surface area contributed by atoms with E-state index in [1.165, 1.54) is 0 Å². The Morgan fingerprint density at radius 2 is 2.35 bits per heavy atom. The summed E-state index contributed by atoms with van der Waals surface area (Å²) in [5, 5.41) is 11.1. The minimum atomic E-state index is -0.462. The van der Waals surface area contributed by atoms with Crippen LogP contribution < -0.4 is 0 Å². The van der Waals surface area contributed by atoms with Crippen molar-refractivity contribution in [3.05, 3.63) is 47.5 Å². The molecular weight excluding hydrogens is 256 g/mol. The number of aromatic nitrogens is 2. The summed E-state index contributed by atoms with van der Waals surface area (Å²) >= 11 is 7.77. The fourth-order valence-electron chi connectivity index (χ4n) is 2.04. The Hall–Kier alpha value is -0.970. The van der Waals surface area contributed by atoms with Gasteiger partial charge in [0.25, 0.3) is 0 Å². The molecule has 2 aromatic rings. The van der Waals surface area contributed by atoms with Gasteiger partial charge in [0, 0.05) is 23.8 Å².